The van der Waals surface area contributed by atoms with Crippen LogP contribution in [0.5, 0.6) is 0 Å². The van der Waals surface area contributed by atoms with Crippen LogP contribution in [0.1, 0.15) is 40.3 Å². The summed E-state index contributed by atoms with van der Waals surface area (Å²) >= 11 is 0. The lowest BCUT2D eigenvalue weighted by atomic mass is 10.1. The third kappa shape index (κ3) is 3.27. The van der Waals surface area contributed by atoms with Gasteiger partial charge in [-0.3, -0.25) is 4.79 Å². The van der Waals surface area contributed by atoms with E-state index in [4.69, 9.17) is 10.5 Å². The van der Waals surface area contributed by atoms with Crippen LogP contribution in [0.3, 0.4) is 0 Å². The monoisotopic (exact) mass is 337 g/mol. The van der Waals surface area contributed by atoms with Gasteiger partial charge in [0.1, 0.15) is 23.0 Å². The number of aryl methyl sites for hydroxylation is 2. The van der Waals surface area contributed by atoms with E-state index in [1.165, 1.54) is 4.68 Å². The first-order valence-corrected chi connectivity index (χ1v) is 7.40. The summed E-state index contributed by atoms with van der Waals surface area (Å²) in [6, 6.07) is 3.05. The zero-order valence-electron chi connectivity index (χ0n) is 13.3. The largest absolute Gasteiger partial charge is 0.454 e. The Bertz CT molecular complexity index is 767. The molecule has 0 aliphatic heterocycles. The van der Waals surface area contributed by atoms with Crippen LogP contribution in [-0.2, 0) is 17.7 Å². The van der Waals surface area contributed by atoms with Crippen LogP contribution in [-0.4, -0.2) is 28.1 Å². The summed E-state index contributed by atoms with van der Waals surface area (Å²) in [5, 5.41) is 4.17. The first-order chi connectivity index (χ1) is 11.4. The lowest BCUT2D eigenvalue weighted by Crippen LogP contribution is -2.18. The summed E-state index contributed by atoms with van der Waals surface area (Å²) in [7, 11) is 0. The van der Waals surface area contributed by atoms with Crippen molar-refractivity contribution < 1.29 is 23.1 Å². The standard InChI is InChI=1S/C16H17F2N3O3/c1-3-11-14(15(19)21(4-2)20-11)16(23)24-8-12(22)13-9(17)6-5-7-10(13)18/h5-7H,3-4,8,19H2,1-2H3. The molecule has 6 nitrogen and oxygen atoms in total. The van der Waals surface area contributed by atoms with Crippen molar-refractivity contribution in [1.29, 1.82) is 0 Å². The molecule has 1 heterocycles. The van der Waals surface area contributed by atoms with Gasteiger partial charge in [-0.1, -0.05) is 13.0 Å². The SMILES string of the molecule is CCc1nn(CC)c(N)c1C(=O)OCC(=O)c1c(F)cccc1F. The number of halogens is 2. The van der Waals surface area contributed by atoms with Crippen LogP contribution >= 0.6 is 0 Å². The van der Waals surface area contributed by atoms with Crippen molar-refractivity contribution in [3.63, 3.8) is 0 Å². The Morgan fingerprint density at radius 1 is 1.21 bits per heavy atom. The first kappa shape index (κ1) is 17.6. The van der Waals surface area contributed by atoms with E-state index in [1.54, 1.807) is 6.92 Å². The van der Waals surface area contributed by atoms with Gasteiger partial charge in [-0.15, -0.1) is 0 Å². The molecule has 1 aromatic heterocycles. The van der Waals surface area contributed by atoms with Gasteiger partial charge in [0.2, 0.25) is 5.78 Å². The van der Waals surface area contributed by atoms with E-state index in [0.29, 0.717) is 18.7 Å². The Labute approximate surface area is 137 Å². The smallest absolute Gasteiger partial charge is 0.344 e. The summed E-state index contributed by atoms with van der Waals surface area (Å²) < 4.78 is 33.4. The minimum Gasteiger partial charge on any atom is -0.454 e. The second-order valence-corrected chi connectivity index (χ2v) is 4.97. The van der Waals surface area contributed by atoms with E-state index in [1.807, 2.05) is 6.92 Å². The van der Waals surface area contributed by atoms with Crippen LogP contribution in [0.25, 0.3) is 0 Å². The molecule has 0 fully saturated rings. The molecule has 8 heteroatoms. The molecule has 0 amide bonds. The summed E-state index contributed by atoms with van der Waals surface area (Å²) in [6.07, 6.45) is 0.442. The number of aromatic nitrogens is 2. The first-order valence-electron chi connectivity index (χ1n) is 7.40. The van der Waals surface area contributed by atoms with Crippen molar-refractivity contribution in [1.82, 2.24) is 9.78 Å². The fraction of sp³-hybridized carbons (Fsp3) is 0.312. The minimum absolute atomic E-state index is 0.0705. The van der Waals surface area contributed by atoms with E-state index in [-0.39, 0.29) is 11.4 Å². The number of nitrogen functional groups attached to an aromatic ring is 1. The molecule has 0 unspecified atom stereocenters. The molecule has 128 valence electrons. The topological polar surface area (TPSA) is 87.2 Å². The number of nitrogens with two attached hydrogens (primary N) is 1. The molecule has 2 N–H and O–H groups in total. The third-order valence-electron chi connectivity index (χ3n) is 3.48. The number of rotatable bonds is 6. The highest BCUT2D eigenvalue weighted by molar-refractivity contribution is 6.01. The van der Waals surface area contributed by atoms with Crippen LogP contribution in [0.2, 0.25) is 0 Å². The molecule has 1 aromatic carbocycles. The quantitative estimate of drug-likeness (QED) is 0.646. The number of Topliss-reactive ketones (excluding diaryl/α,β-unsaturated/α-hetero) is 1. The minimum atomic E-state index is -1.01. The van der Waals surface area contributed by atoms with Gasteiger partial charge in [0, 0.05) is 6.54 Å². The van der Waals surface area contributed by atoms with Crippen molar-refractivity contribution in [2.24, 2.45) is 0 Å². The van der Waals surface area contributed by atoms with Crippen molar-refractivity contribution in [3.8, 4) is 0 Å². The van der Waals surface area contributed by atoms with E-state index >= 15 is 0 Å². The van der Waals surface area contributed by atoms with Gasteiger partial charge in [-0.05, 0) is 25.5 Å². The number of nitrogens with zero attached hydrogens (tertiary/aromatic N) is 2. The Morgan fingerprint density at radius 2 is 1.83 bits per heavy atom. The lowest BCUT2D eigenvalue weighted by Gasteiger charge is -2.07. The number of hydrogen-bond acceptors (Lipinski definition) is 5. The zero-order valence-corrected chi connectivity index (χ0v) is 13.3. The molecule has 0 aliphatic rings. The average molecular weight is 337 g/mol. The van der Waals surface area contributed by atoms with E-state index in [2.05, 4.69) is 5.10 Å². The zero-order chi connectivity index (χ0) is 17.9. The van der Waals surface area contributed by atoms with Gasteiger partial charge in [0.05, 0.1) is 11.3 Å². The number of anilines is 1. The molecular formula is C16H17F2N3O3. The van der Waals surface area contributed by atoms with Crippen molar-refractivity contribution >= 4 is 17.6 Å². The molecule has 0 bridgehead atoms. The molecule has 2 aromatic rings. The number of carbonyl (C=O) groups excluding carboxylic acids is 2. The van der Waals surface area contributed by atoms with Gasteiger partial charge in [-0.25, -0.2) is 18.3 Å². The number of benzene rings is 1. The number of esters is 1. The Hall–Kier alpha value is -2.77. The molecule has 0 radical (unpaired) electrons. The fourth-order valence-corrected chi connectivity index (χ4v) is 2.28. The highest BCUT2D eigenvalue weighted by Crippen LogP contribution is 2.19. The number of hydrogen-bond donors (Lipinski definition) is 1. The highest BCUT2D eigenvalue weighted by atomic mass is 19.1. The predicted octanol–water partition coefficient (Wildman–Crippen LogP) is 2.37. The molecule has 0 spiro atoms. The fourth-order valence-electron chi connectivity index (χ4n) is 2.28. The highest BCUT2D eigenvalue weighted by Gasteiger charge is 2.24. The molecule has 0 atom stereocenters. The van der Waals surface area contributed by atoms with Crippen LogP contribution in [0.15, 0.2) is 18.2 Å². The molecule has 0 saturated heterocycles. The number of ether oxygens (including phenoxy) is 1. The van der Waals surface area contributed by atoms with E-state index in [0.717, 1.165) is 18.2 Å². The number of carbonyl (C=O) groups is 2. The van der Waals surface area contributed by atoms with E-state index < -0.39 is 35.6 Å². The maximum Gasteiger partial charge on any atom is 0.344 e. The van der Waals surface area contributed by atoms with Crippen LogP contribution < -0.4 is 5.73 Å². The van der Waals surface area contributed by atoms with Crippen molar-refractivity contribution in [2.45, 2.75) is 26.8 Å². The molecule has 2 rings (SSSR count). The van der Waals surface area contributed by atoms with Gasteiger partial charge in [0.25, 0.3) is 0 Å². The maximum absolute atomic E-state index is 13.5. The molecule has 24 heavy (non-hydrogen) atoms. The second kappa shape index (κ2) is 7.20. The van der Waals surface area contributed by atoms with Gasteiger partial charge >= 0.3 is 5.97 Å². The van der Waals surface area contributed by atoms with Crippen LogP contribution in [0.4, 0.5) is 14.6 Å². The molecular weight excluding hydrogens is 320 g/mol. The summed E-state index contributed by atoms with van der Waals surface area (Å²) in [5.41, 5.74) is 5.62. The normalized spacial score (nSPS) is 10.7. The summed E-state index contributed by atoms with van der Waals surface area (Å²) in [6.45, 7) is 3.27. The average Bonchev–Trinajstić information content (AvgIpc) is 2.88. The van der Waals surface area contributed by atoms with Crippen molar-refractivity contribution in [2.75, 3.05) is 12.3 Å². The maximum atomic E-state index is 13.5. The second-order valence-electron chi connectivity index (χ2n) is 4.97. The molecule has 0 aliphatic carbocycles. The Morgan fingerprint density at radius 3 is 2.38 bits per heavy atom. The van der Waals surface area contributed by atoms with Crippen LogP contribution in [0, 0.1) is 11.6 Å². The summed E-state index contributed by atoms with van der Waals surface area (Å²) in [4.78, 5) is 24.1. The third-order valence-corrected chi connectivity index (χ3v) is 3.48. The summed E-state index contributed by atoms with van der Waals surface area (Å²) in [5.74, 6) is -3.72. The number of ketones is 1. The lowest BCUT2D eigenvalue weighted by molar-refractivity contribution is 0.0472. The van der Waals surface area contributed by atoms with Gasteiger partial charge < -0.3 is 10.5 Å². The molecule has 0 saturated carbocycles. The van der Waals surface area contributed by atoms with E-state index in [9.17, 15) is 18.4 Å². The Balaban J connectivity index is 2.17. The van der Waals surface area contributed by atoms with Gasteiger partial charge in [0.15, 0.2) is 6.61 Å². The Kier molecular flexibility index (Phi) is 5.28. The van der Waals surface area contributed by atoms with Crippen molar-refractivity contribution in [3.05, 3.63) is 46.7 Å². The van der Waals surface area contributed by atoms with Gasteiger partial charge in [-0.2, -0.15) is 5.10 Å². The predicted molar refractivity (Wildman–Crippen MR) is 82.7 cm³/mol.